The predicted octanol–water partition coefficient (Wildman–Crippen LogP) is 6.10. The Labute approximate surface area is 206 Å². The Balaban J connectivity index is 1.62. The molecule has 3 aromatic heterocycles. The maximum Gasteiger partial charge on any atom is 0.124 e. The summed E-state index contributed by atoms with van der Waals surface area (Å²) in [6.07, 6.45) is 5.49. The normalized spacial score (nSPS) is 11.1. The summed E-state index contributed by atoms with van der Waals surface area (Å²) >= 11 is 7.78. The molecule has 0 atom stereocenters. The zero-order chi connectivity index (χ0) is 23.7. The van der Waals surface area contributed by atoms with Crippen LogP contribution in [0, 0.1) is 0 Å². The van der Waals surface area contributed by atoms with Crippen molar-refractivity contribution in [2.75, 3.05) is 19.1 Å². The molecule has 0 aliphatic carbocycles. The Morgan fingerprint density at radius 3 is 2.38 bits per heavy atom. The summed E-state index contributed by atoms with van der Waals surface area (Å²) in [4.78, 5) is 12.8. The lowest BCUT2D eigenvalue weighted by Gasteiger charge is -2.26. The number of hydrogen-bond donors (Lipinski definition) is 0. The molecular weight excluding hydrogens is 470 g/mol. The minimum atomic E-state index is 0.620. The summed E-state index contributed by atoms with van der Waals surface area (Å²) in [6, 6.07) is 15.9. The van der Waals surface area contributed by atoms with Gasteiger partial charge in [0.25, 0.3) is 0 Å². The molecule has 0 radical (unpaired) electrons. The van der Waals surface area contributed by atoms with Gasteiger partial charge in [-0.1, -0.05) is 11.6 Å². The summed E-state index contributed by atoms with van der Waals surface area (Å²) in [6.45, 7) is 0.620. The molecule has 9 heteroatoms. The van der Waals surface area contributed by atoms with Gasteiger partial charge in [0.1, 0.15) is 11.5 Å². The highest BCUT2D eigenvalue weighted by Crippen LogP contribution is 2.36. The van der Waals surface area contributed by atoms with E-state index in [9.17, 15) is 0 Å². The molecule has 5 rings (SSSR count). The molecule has 0 saturated carbocycles. The lowest BCUT2D eigenvalue weighted by Crippen LogP contribution is -2.16. The SMILES string of the molecule is COc1cc(OC)cc(N(Cc2ccc(Cl)s2)c2ccc3ncc(-c4cnn(C)c4)nc3c2)c1. The van der Waals surface area contributed by atoms with Crippen LogP contribution < -0.4 is 14.4 Å². The molecule has 0 spiro atoms. The van der Waals surface area contributed by atoms with Crippen molar-refractivity contribution >= 4 is 45.3 Å². The fourth-order valence-electron chi connectivity index (χ4n) is 3.73. The van der Waals surface area contributed by atoms with E-state index < -0.39 is 0 Å². The van der Waals surface area contributed by atoms with E-state index in [4.69, 9.17) is 26.1 Å². The first-order valence-electron chi connectivity index (χ1n) is 10.5. The lowest BCUT2D eigenvalue weighted by molar-refractivity contribution is 0.394. The van der Waals surface area contributed by atoms with Crippen molar-refractivity contribution in [2.24, 2.45) is 7.05 Å². The summed E-state index contributed by atoms with van der Waals surface area (Å²) in [5, 5.41) is 4.25. The molecule has 0 aliphatic heterocycles. The van der Waals surface area contributed by atoms with Gasteiger partial charge in [0, 0.05) is 53.3 Å². The van der Waals surface area contributed by atoms with E-state index in [1.807, 2.05) is 61.8 Å². The molecule has 172 valence electrons. The van der Waals surface area contributed by atoms with Crippen molar-refractivity contribution < 1.29 is 9.47 Å². The summed E-state index contributed by atoms with van der Waals surface area (Å²) in [7, 11) is 5.17. The van der Waals surface area contributed by atoms with Crippen LogP contribution in [0.4, 0.5) is 11.4 Å². The monoisotopic (exact) mass is 491 g/mol. The molecule has 7 nitrogen and oxygen atoms in total. The Bertz CT molecular complexity index is 1440. The van der Waals surface area contributed by atoms with Crippen LogP contribution >= 0.6 is 22.9 Å². The number of methoxy groups -OCH3 is 2. The van der Waals surface area contributed by atoms with E-state index in [1.54, 1.807) is 42.6 Å². The highest BCUT2D eigenvalue weighted by molar-refractivity contribution is 7.16. The standard InChI is InChI=1S/C25H22ClN5O2S/c1-30-14-16(12-28-30)24-13-27-22-6-4-17(10-23(22)29-24)31(15-21-5-7-25(26)34-21)18-8-19(32-2)11-20(9-18)33-3/h4-14H,15H2,1-3H3. The van der Waals surface area contributed by atoms with E-state index in [0.29, 0.717) is 18.0 Å². The van der Waals surface area contributed by atoms with Crippen LogP contribution in [0.15, 0.2) is 67.1 Å². The Hall–Kier alpha value is -3.62. The molecule has 5 aromatic rings. The second-order valence-electron chi connectivity index (χ2n) is 7.69. The molecule has 0 amide bonds. The third-order valence-corrected chi connectivity index (χ3v) is 6.64. The van der Waals surface area contributed by atoms with Crippen molar-refractivity contribution in [3.8, 4) is 22.8 Å². The van der Waals surface area contributed by atoms with Crippen molar-refractivity contribution in [3.05, 3.63) is 76.3 Å². The number of benzene rings is 2. The van der Waals surface area contributed by atoms with E-state index in [2.05, 4.69) is 15.0 Å². The number of halogens is 1. The molecule has 0 fully saturated rings. The van der Waals surface area contributed by atoms with Gasteiger partial charge in [-0.25, -0.2) is 4.98 Å². The molecule has 34 heavy (non-hydrogen) atoms. The molecule has 0 bridgehead atoms. The number of thiophene rings is 1. The average molecular weight is 492 g/mol. The first-order chi connectivity index (χ1) is 16.5. The third-order valence-electron chi connectivity index (χ3n) is 5.43. The van der Waals surface area contributed by atoms with Gasteiger partial charge in [-0.05, 0) is 30.3 Å². The van der Waals surface area contributed by atoms with Crippen molar-refractivity contribution in [1.82, 2.24) is 19.7 Å². The van der Waals surface area contributed by atoms with E-state index in [0.717, 1.165) is 42.9 Å². The summed E-state index contributed by atoms with van der Waals surface area (Å²) in [5.74, 6) is 1.42. The highest BCUT2D eigenvalue weighted by atomic mass is 35.5. The van der Waals surface area contributed by atoms with Crippen molar-refractivity contribution in [2.45, 2.75) is 6.54 Å². The van der Waals surface area contributed by atoms with Gasteiger partial charge in [-0.3, -0.25) is 9.67 Å². The first-order valence-corrected chi connectivity index (χ1v) is 11.7. The minimum Gasteiger partial charge on any atom is -0.497 e. The number of anilines is 2. The number of aryl methyl sites for hydroxylation is 1. The molecular formula is C25H22ClN5O2S. The van der Waals surface area contributed by atoms with Gasteiger partial charge < -0.3 is 14.4 Å². The number of fused-ring (bicyclic) bond motifs is 1. The topological polar surface area (TPSA) is 65.3 Å². The molecule has 2 aromatic carbocycles. The fraction of sp³-hybridized carbons (Fsp3) is 0.160. The van der Waals surface area contributed by atoms with E-state index in [1.165, 1.54) is 0 Å². The molecule has 0 aliphatic rings. The second-order valence-corrected chi connectivity index (χ2v) is 9.49. The minimum absolute atomic E-state index is 0.620. The predicted molar refractivity (Wildman–Crippen MR) is 136 cm³/mol. The van der Waals surface area contributed by atoms with Gasteiger partial charge in [-0.2, -0.15) is 5.10 Å². The highest BCUT2D eigenvalue weighted by Gasteiger charge is 2.16. The number of aromatic nitrogens is 4. The van der Waals surface area contributed by atoms with Gasteiger partial charge in [-0.15, -0.1) is 11.3 Å². The number of rotatable bonds is 7. The smallest absolute Gasteiger partial charge is 0.124 e. The Kier molecular flexibility index (Phi) is 6.08. The van der Waals surface area contributed by atoms with Crippen LogP contribution in [-0.2, 0) is 13.6 Å². The van der Waals surface area contributed by atoms with Crippen LogP contribution in [-0.4, -0.2) is 34.0 Å². The number of hydrogen-bond acceptors (Lipinski definition) is 7. The van der Waals surface area contributed by atoms with Gasteiger partial charge in [0.05, 0.1) is 54.2 Å². The zero-order valence-electron chi connectivity index (χ0n) is 18.9. The van der Waals surface area contributed by atoms with Gasteiger partial charge >= 0.3 is 0 Å². The summed E-state index contributed by atoms with van der Waals surface area (Å²) in [5.41, 5.74) is 5.20. The quantitative estimate of drug-likeness (QED) is 0.274. The third kappa shape index (κ3) is 4.55. The molecule has 0 saturated heterocycles. The molecule has 3 heterocycles. The zero-order valence-corrected chi connectivity index (χ0v) is 20.5. The van der Waals surface area contributed by atoms with E-state index >= 15 is 0 Å². The second kappa shape index (κ2) is 9.32. The number of nitrogens with zero attached hydrogens (tertiary/aromatic N) is 5. The largest absolute Gasteiger partial charge is 0.497 e. The Morgan fingerprint density at radius 1 is 0.941 bits per heavy atom. The van der Waals surface area contributed by atoms with Crippen LogP contribution in [0.2, 0.25) is 4.34 Å². The van der Waals surface area contributed by atoms with Crippen molar-refractivity contribution in [1.29, 1.82) is 0 Å². The molecule has 0 unspecified atom stereocenters. The van der Waals surface area contributed by atoms with Gasteiger partial charge in [0.2, 0.25) is 0 Å². The van der Waals surface area contributed by atoms with Gasteiger partial charge in [0.15, 0.2) is 0 Å². The van der Waals surface area contributed by atoms with Crippen molar-refractivity contribution in [3.63, 3.8) is 0 Å². The van der Waals surface area contributed by atoms with Crippen LogP contribution in [0.3, 0.4) is 0 Å². The number of ether oxygens (including phenoxy) is 2. The average Bonchev–Trinajstić information content (AvgIpc) is 3.49. The molecule has 0 N–H and O–H groups in total. The Morgan fingerprint density at radius 2 is 1.74 bits per heavy atom. The van der Waals surface area contributed by atoms with Crippen LogP contribution in [0.25, 0.3) is 22.3 Å². The maximum atomic E-state index is 6.22. The van der Waals surface area contributed by atoms with Crippen LogP contribution in [0.5, 0.6) is 11.5 Å². The fourth-order valence-corrected chi connectivity index (χ4v) is 4.81. The lowest BCUT2D eigenvalue weighted by atomic mass is 10.2. The first kappa shape index (κ1) is 22.2. The maximum absolute atomic E-state index is 6.22. The summed E-state index contributed by atoms with van der Waals surface area (Å²) < 4.78 is 13.5. The van der Waals surface area contributed by atoms with E-state index in [-0.39, 0.29) is 0 Å². The van der Waals surface area contributed by atoms with Crippen LogP contribution in [0.1, 0.15) is 4.88 Å².